The third kappa shape index (κ3) is 7.50. The third-order valence-electron chi connectivity index (χ3n) is 10.8. The number of pyridine rings is 2. The van der Waals surface area contributed by atoms with Crippen LogP contribution in [-0.2, 0) is 20.1 Å². The predicted octanol–water partition coefficient (Wildman–Crippen LogP) is 14.0. The average Bonchev–Trinajstić information content (AvgIpc) is 3.76. The van der Waals surface area contributed by atoms with E-state index in [-0.39, 0.29) is 20.1 Å². The van der Waals surface area contributed by atoms with Crippen molar-refractivity contribution in [1.82, 2.24) is 9.97 Å². The molecule has 0 fully saturated rings. The molecule has 0 unspecified atom stereocenters. The fourth-order valence-electron chi connectivity index (χ4n) is 7.37. The monoisotopic (exact) mass is 975 g/mol. The molecule has 0 aliphatic carbocycles. The van der Waals surface area contributed by atoms with Crippen molar-refractivity contribution in [2.75, 3.05) is 0 Å². The summed E-state index contributed by atoms with van der Waals surface area (Å²) in [7, 11) is 0. The van der Waals surface area contributed by atoms with Crippen LogP contribution in [0.15, 0.2) is 118 Å². The Morgan fingerprint density at radius 2 is 1.00 bits per heavy atom. The van der Waals surface area contributed by atoms with Gasteiger partial charge in [0.1, 0.15) is 5.58 Å². The quantitative estimate of drug-likeness (QED) is 0.123. The van der Waals surface area contributed by atoms with Gasteiger partial charge >= 0.3 is 180 Å². The fourth-order valence-corrected chi connectivity index (χ4v) is 9.80. The van der Waals surface area contributed by atoms with Crippen molar-refractivity contribution in [1.29, 1.82) is 0 Å². The molecule has 0 aliphatic rings. The Morgan fingerprint density at radius 1 is 0.500 bits per heavy atom. The van der Waals surface area contributed by atoms with Crippen molar-refractivity contribution in [3.8, 4) is 22.5 Å². The Labute approximate surface area is 346 Å². The second-order valence-electron chi connectivity index (χ2n) is 16.7. The second kappa shape index (κ2) is 15.8. The van der Waals surface area contributed by atoms with Crippen molar-refractivity contribution < 1.29 is 28.9 Å². The topological polar surface area (TPSA) is 52.1 Å². The van der Waals surface area contributed by atoms with Crippen LogP contribution < -0.4 is 4.40 Å². The zero-order valence-electron chi connectivity index (χ0n) is 33.7. The van der Waals surface area contributed by atoms with Gasteiger partial charge in [-0.2, -0.15) is 0 Å². The number of furan rings is 2. The molecule has 4 heterocycles. The molecule has 0 aliphatic heterocycles. The number of hydrogen-bond acceptors (Lipinski definition) is 4. The summed E-state index contributed by atoms with van der Waals surface area (Å²) in [5, 5.41) is 6.98. The van der Waals surface area contributed by atoms with Gasteiger partial charge in [0.15, 0.2) is 0 Å². The van der Waals surface area contributed by atoms with Crippen LogP contribution in [0.1, 0.15) is 76.0 Å². The van der Waals surface area contributed by atoms with E-state index in [4.69, 9.17) is 8.83 Å². The van der Waals surface area contributed by atoms with E-state index in [2.05, 4.69) is 166 Å². The molecule has 285 valence electrons. The molecule has 56 heavy (non-hydrogen) atoms. The Hall–Kier alpha value is -4.55. The Balaban J connectivity index is 0.000000171. The van der Waals surface area contributed by atoms with Crippen LogP contribution in [0.5, 0.6) is 0 Å². The van der Waals surface area contributed by atoms with Crippen molar-refractivity contribution in [2.45, 2.75) is 76.6 Å². The summed E-state index contributed by atoms with van der Waals surface area (Å²) in [5.74, 6) is 8.69. The van der Waals surface area contributed by atoms with E-state index in [0.717, 1.165) is 66.4 Å². The summed E-state index contributed by atoms with van der Waals surface area (Å²) < 4.78 is 14.3. The van der Waals surface area contributed by atoms with E-state index in [1.54, 1.807) is 0 Å². The third-order valence-corrected chi connectivity index (χ3v) is 15.1. The van der Waals surface area contributed by atoms with Crippen LogP contribution in [-0.4, -0.2) is 23.2 Å². The number of nitrogens with zero attached hydrogens (tertiary/aromatic N) is 2. The molecule has 0 amide bonds. The minimum Gasteiger partial charge on any atom is -0.501 e. The molecule has 4 nitrogen and oxygen atoms in total. The average molecular weight is 974 g/mol. The van der Waals surface area contributed by atoms with Crippen LogP contribution in [0, 0.1) is 12.1 Å². The van der Waals surface area contributed by atoms with Crippen LogP contribution in [0.2, 0.25) is 17.3 Å². The maximum atomic E-state index is 6.57. The summed E-state index contributed by atoms with van der Waals surface area (Å²) >= 11 is -1.94. The maximum Gasteiger partial charge on any atom is 0.121 e. The Kier molecular flexibility index (Phi) is 11.2. The van der Waals surface area contributed by atoms with E-state index < -0.39 is 13.3 Å². The molecule has 0 atom stereocenters. The van der Waals surface area contributed by atoms with Crippen molar-refractivity contribution >= 4 is 72.3 Å². The number of hydrogen-bond donors (Lipinski definition) is 0. The first-order valence-corrected chi connectivity index (χ1v) is 26.8. The molecule has 1 radical (unpaired) electrons. The van der Waals surface area contributed by atoms with Gasteiger partial charge in [-0.3, -0.25) is 0 Å². The molecule has 5 aromatic carbocycles. The fraction of sp³-hybridized carbons (Fsp3) is 0.240. The first-order chi connectivity index (χ1) is 26.4. The normalized spacial score (nSPS) is 12.0. The van der Waals surface area contributed by atoms with Crippen LogP contribution in [0.3, 0.4) is 0 Å². The van der Waals surface area contributed by atoms with Crippen molar-refractivity contribution in [2.24, 2.45) is 0 Å². The predicted molar refractivity (Wildman–Crippen MR) is 234 cm³/mol. The van der Waals surface area contributed by atoms with Crippen molar-refractivity contribution in [3.05, 3.63) is 138 Å². The molecule has 0 N–H and O–H groups in total. The van der Waals surface area contributed by atoms with E-state index in [1.807, 2.05) is 24.5 Å². The van der Waals surface area contributed by atoms with Gasteiger partial charge in [-0.25, -0.2) is 0 Å². The maximum absolute atomic E-state index is 6.57. The SMILES string of the molecule is CC(C)c1ccnc(-c2[c-]ccc3c2oc2c4c[c]([Ge]([CH3])([CH3])[CH3])ccc4ccc32)c1.CC(C)c1ccnc(-c2[c-]ccc3c2oc2cc(C(C)C)ccc23)c1.[Ir]. The molecule has 9 rings (SSSR count). The summed E-state index contributed by atoms with van der Waals surface area (Å²) in [4.78, 5) is 9.20. The molecule has 4 aromatic heterocycles. The van der Waals surface area contributed by atoms with E-state index in [9.17, 15) is 0 Å². The van der Waals surface area contributed by atoms with Crippen LogP contribution in [0.4, 0.5) is 0 Å². The second-order valence-corrected chi connectivity index (χ2v) is 27.3. The van der Waals surface area contributed by atoms with Gasteiger partial charge in [-0.15, -0.1) is 18.2 Å². The van der Waals surface area contributed by atoms with Crippen LogP contribution >= 0.6 is 0 Å². The number of aromatic nitrogens is 2. The van der Waals surface area contributed by atoms with E-state index >= 15 is 0 Å². The van der Waals surface area contributed by atoms with Gasteiger partial charge in [0, 0.05) is 31.7 Å². The minimum absolute atomic E-state index is 0. The van der Waals surface area contributed by atoms with Crippen molar-refractivity contribution in [3.63, 3.8) is 0 Å². The van der Waals surface area contributed by atoms with E-state index in [0.29, 0.717) is 17.8 Å². The molecular weight excluding hydrogens is 925 g/mol. The van der Waals surface area contributed by atoms with Gasteiger partial charge in [0.25, 0.3) is 0 Å². The van der Waals surface area contributed by atoms with E-state index in [1.165, 1.54) is 31.9 Å². The Bertz CT molecular complexity index is 2860. The van der Waals surface area contributed by atoms with Gasteiger partial charge in [-0.05, 0) is 35.2 Å². The number of rotatable bonds is 6. The van der Waals surface area contributed by atoms with Gasteiger partial charge < -0.3 is 9.40 Å². The molecule has 9 aromatic rings. The summed E-state index contributed by atoms with van der Waals surface area (Å²) in [5.41, 5.74) is 11.2. The zero-order chi connectivity index (χ0) is 38.6. The number of benzene rings is 5. The largest absolute Gasteiger partial charge is 0.501 e. The first kappa shape index (κ1) is 39.7. The van der Waals surface area contributed by atoms with Gasteiger partial charge in [-0.1, -0.05) is 62.4 Å². The van der Waals surface area contributed by atoms with Gasteiger partial charge in [0.2, 0.25) is 0 Å². The minimum atomic E-state index is -1.94. The Morgan fingerprint density at radius 3 is 1.57 bits per heavy atom. The molecule has 0 spiro atoms. The van der Waals surface area contributed by atoms with Crippen LogP contribution in [0.25, 0.3) is 77.2 Å². The summed E-state index contributed by atoms with van der Waals surface area (Å²) in [6.45, 7) is 13.2. The first-order valence-electron chi connectivity index (χ1n) is 19.5. The summed E-state index contributed by atoms with van der Waals surface area (Å²) in [6.07, 6.45) is 3.76. The number of fused-ring (bicyclic) bond motifs is 8. The molecule has 6 heteroatoms. The molecular formula is C50H48GeIrN2O2-2. The molecule has 0 saturated carbocycles. The smallest absolute Gasteiger partial charge is 0.121 e. The zero-order valence-corrected chi connectivity index (χ0v) is 38.2. The molecule has 0 saturated heterocycles. The summed E-state index contributed by atoms with van der Waals surface area (Å²) in [6, 6.07) is 41.1. The molecule has 0 bridgehead atoms. The van der Waals surface area contributed by atoms with Gasteiger partial charge in [0.05, 0.1) is 5.58 Å². The standard InChI is InChI=1S/C27H26GeNO.C23H22NO.Ir/c1-17(2)19-13-14-29-25(15-19)23-8-6-7-21-22-12-10-18-9-11-20(28(3,4)5)16-24(18)27(22)30-26(21)23;1-14(2)16-8-9-18-19-6-5-7-20(23(19)25-22(18)13-16)21-12-17(15(3)4)10-11-24-21;/h6-7,9-17H,1-5H3;5-6,8-15H,1-4H3;/q2*-1;.